The zero-order valence-corrected chi connectivity index (χ0v) is 26.4. The predicted octanol–water partition coefficient (Wildman–Crippen LogP) is 9.65. The van der Waals surface area contributed by atoms with Crippen molar-refractivity contribution in [3.05, 3.63) is 156 Å². The number of fused-ring (bicyclic) bond motifs is 9. The van der Waals surface area contributed by atoms with Gasteiger partial charge in [-0.2, -0.15) is 0 Å². The number of nitrogens with zero attached hydrogens (tertiary/aromatic N) is 2. The minimum Gasteiger partial charge on any atom is -0.455 e. The molecule has 5 heteroatoms. The summed E-state index contributed by atoms with van der Waals surface area (Å²) < 4.78 is 8.79. The van der Waals surface area contributed by atoms with Gasteiger partial charge in [0.15, 0.2) is 0 Å². The molecule has 228 valence electrons. The Bertz CT molecular complexity index is 2520. The normalized spacial score (nSPS) is 14.6. The van der Waals surface area contributed by atoms with Crippen molar-refractivity contribution in [1.82, 2.24) is 9.88 Å². The molecule has 1 unspecified atom stereocenters. The molecule has 0 aliphatic heterocycles. The van der Waals surface area contributed by atoms with Gasteiger partial charge in [-0.05, 0) is 58.1 Å². The molecule has 1 aliphatic carbocycles. The third-order valence-electron chi connectivity index (χ3n) is 9.96. The summed E-state index contributed by atoms with van der Waals surface area (Å²) in [4.78, 5) is 5.32. The Kier molecular flexibility index (Phi) is 6.14. The number of rotatable bonds is 5. The van der Waals surface area contributed by atoms with E-state index >= 15 is 0 Å². The predicted molar refractivity (Wildman–Crippen MR) is 194 cm³/mol. The first-order valence-electron chi connectivity index (χ1n) is 16.2. The van der Waals surface area contributed by atoms with Gasteiger partial charge in [0.2, 0.25) is 0 Å². The van der Waals surface area contributed by atoms with Crippen molar-refractivity contribution in [2.24, 2.45) is 10.7 Å². The topological polar surface area (TPSA) is 68.5 Å². The second-order valence-electron chi connectivity index (χ2n) is 13.0. The molecule has 0 saturated heterocycles. The van der Waals surface area contributed by atoms with Crippen LogP contribution in [0, 0.1) is 0 Å². The van der Waals surface area contributed by atoms with Crippen molar-refractivity contribution in [1.29, 1.82) is 0 Å². The van der Waals surface area contributed by atoms with Gasteiger partial charge >= 0.3 is 0 Å². The number of hydrogen-bond acceptors (Lipinski definition) is 3. The first-order valence-corrected chi connectivity index (χ1v) is 16.2. The zero-order valence-electron chi connectivity index (χ0n) is 26.4. The smallest absolute Gasteiger partial charge is 0.146 e. The molecule has 1 atom stereocenters. The molecule has 0 spiro atoms. The van der Waals surface area contributed by atoms with E-state index in [2.05, 4.69) is 109 Å². The lowest BCUT2D eigenvalue weighted by Gasteiger charge is -2.21. The molecular formula is C42H34N4O. The number of amidine groups is 1. The van der Waals surface area contributed by atoms with Crippen LogP contribution in [0.25, 0.3) is 54.9 Å². The zero-order chi connectivity index (χ0) is 31.7. The fourth-order valence-corrected chi connectivity index (χ4v) is 7.57. The van der Waals surface area contributed by atoms with Crippen molar-refractivity contribution in [3.8, 4) is 11.1 Å². The van der Waals surface area contributed by atoms with Crippen molar-refractivity contribution < 1.29 is 4.42 Å². The standard InChI is InChI=1S/C42H34N4O/c1-42(2)34-20-9-6-15-27(34)32-24-37-33(23-35(32)42)28-16-7-10-21-36(28)46(37)25-44-41(45-40(43)26-13-4-3-5-14-26)31-19-12-18-30-29-17-8-11-22-38(29)47-39(30)31/h3-24,40H,25,43H2,1-2H3,(H,44,45). The second-order valence-corrected chi connectivity index (χ2v) is 13.0. The molecule has 6 aromatic carbocycles. The summed E-state index contributed by atoms with van der Waals surface area (Å²) in [6.07, 6.45) is -0.463. The van der Waals surface area contributed by atoms with E-state index in [-0.39, 0.29) is 5.41 Å². The summed E-state index contributed by atoms with van der Waals surface area (Å²) in [6.45, 7) is 5.06. The third-order valence-corrected chi connectivity index (χ3v) is 9.96. The number of para-hydroxylation sites is 3. The maximum absolute atomic E-state index is 6.79. The van der Waals surface area contributed by atoms with Crippen LogP contribution in [0.4, 0.5) is 0 Å². The van der Waals surface area contributed by atoms with Gasteiger partial charge in [0.25, 0.3) is 0 Å². The maximum atomic E-state index is 6.79. The lowest BCUT2D eigenvalue weighted by molar-refractivity contribution is 0.658. The van der Waals surface area contributed by atoms with Crippen LogP contribution in [0.3, 0.4) is 0 Å². The third kappa shape index (κ3) is 4.24. The number of nitrogens with one attached hydrogen (secondary N) is 1. The Balaban J connectivity index is 1.24. The number of furan rings is 1. The van der Waals surface area contributed by atoms with Crippen LogP contribution in [0.1, 0.15) is 42.3 Å². The average Bonchev–Trinajstić information content (AvgIpc) is 3.72. The van der Waals surface area contributed by atoms with Gasteiger partial charge in [0, 0.05) is 27.0 Å². The lowest BCUT2D eigenvalue weighted by atomic mass is 9.82. The van der Waals surface area contributed by atoms with Gasteiger partial charge in [-0.25, -0.2) is 4.99 Å². The molecule has 1 aliphatic rings. The molecule has 0 amide bonds. The summed E-state index contributed by atoms with van der Waals surface area (Å²) in [5, 5.41) is 8.16. The molecule has 3 N–H and O–H groups in total. The molecule has 0 saturated carbocycles. The van der Waals surface area contributed by atoms with Gasteiger partial charge < -0.3 is 20.0 Å². The number of aromatic nitrogens is 1. The second kappa shape index (κ2) is 10.4. The Morgan fingerprint density at radius 2 is 1.43 bits per heavy atom. The summed E-state index contributed by atoms with van der Waals surface area (Å²) in [5.74, 6) is 0.685. The monoisotopic (exact) mass is 610 g/mol. The highest BCUT2D eigenvalue weighted by molar-refractivity contribution is 6.15. The minimum absolute atomic E-state index is 0.0720. The fraction of sp³-hybridized carbons (Fsp3) is 0.119. The molecule has 8 aromatic rings. The van der Waals surface area contributed by atoms with Crippen molar-refractivity contribution >= 4 is 49.6 Å². The average molecular weight is 611 g/mol. The largest absolute Gasteiger partial charge is 0.455 e. The van der Waals surface area contributed by atoms with Gasteiger partial charge in [-0.1, -0.05) is 117 Å². The highest BCUT2D eigenvalue weighted by Crippen LogP contribution is 2.50. The van der Waals surface area contributed by atoms with Crippen molar-refractivity contribution in [2.75, 3.05) is 0 Å². The molecule has 5 nitrogen and oxygen atoms in total. The molecule has 2 heterocycles. The molecule has 2 aromatic heterocycles. The molecule has 0 fully saturated rings. The quantitative estimate of drug-likeness (QED) is 0.116. The van der Waals surface area contributed by atoms with Gasteiger partial charge in [0.1, 0.15) is 29.8 Å². The Morgan fingerprint density at radius 1 is 0.702 bits per heavy atom. The number of hydrogen-bond donors (Lipinski definition) is 2. The van der Waals surface area contributed by atoms with Crippen LogP contribution < -0.4 is 11.1 Å². The first-order chi connectivity index (χ1) is 23.0. The van der Waals surface area contributed by atoms with Crippen LogP contribution in [0.15, 0.2) is 143 Å². The number of aliphatic imine (C=N–C) groups is 1. The highest BCUT2D eigenvalue weighted by atomic mass is 16.3. The summed E-state index contributed by atoms with van der Waals surface area (Å²) in [6, 6.07) is 46.7. The SMILES string of the molecule is CC1(C)c2ccccc2-c2cc3c(cc21)c1ccccc1n3CN=C(NC(N)c1ccccc1)c1cccc2c1oc1ccccc12. The van der Waals surface area contributed by atoms with E-state index in [1.54, 1.807) is 0 Å². The lowest BCUT2D eigenvalue weighted by Crippen LogP contribution is -2.35. The molecular weight excluding hydrogens is 576 g/mol. The van der Waals surface area contributed by atoms with E-state index in [1.807, 2.05) is 48.5 Å². The molecule has 47 heavy (non-hydrogen) atoms. The van der Waals surface area contributed by atoms with Crippen LogP contribution in [0.2, 0.25) is 0 Å². The van der Waals surface area contributed by atoms with Crippen LogP contribution in [-0.4, -0.2) is 10.4 Å². The molecule has 0 bridgehead atoms. The Morgan fingerprint density at radius 3 is 2.30 bits per heavy atom. The first kappa shape index (κ1) is 27.6. The fourth-order valence-electron chi connectivity index (χ4n) is 7.57. The van der Waals surface area contributed by atoms with Gasteiger partial charge in [0.05, 0.1) is 16.6 Å². The van der Waals surface area contributed by atoms with Gasteiger partial charge in [-0.15, -0.1) is 0 Å². The van der Waals surface area contributed by atoms with E-state index in [9.17, 15) is 0 Å². The van der Waals surface area contributed by atoms with E-state index in [0.29, 0.717) is 12.5 Å². The van der Waals surface area contributed by atoms with Crippen LogP contribution in [-0.2, 0) is 12.1 Å². The van der Waals surface area contributed by atoms with E-state index in [1.165, 1.54) is 33.0 Å². The van der Waals surface area contributed by atoms with E-state index in [0.717, 1.165) is 44.1 Å². The summed E-state index contributed by atoms with van der Waals surface area (Å²) in [5.41, 5.74) is 17.9. The van der Waals surface area contributed by atoms with Gasteiger partial charge in [-0.3, -0.25) is 0 Å². The van der Waals surface area contributed by atoms with Crippen molar-refractivity contribution in [2.45, 2.75) is 32.1 Å². The Hall–Kier alpha value is -5.65. The van der Waals surface area contributed by atoms with E-state index < -0.39 is 6.17 Å². The molecule has 9 rings (SSSR count). The summed E-state index contributed by atoms with van der Waals surface area (Å²) in [7, 11) is 0. The van der Waals surface area contributed by atoms with Crippen LogP contribution in [0.5, 0.6) is 0 Å². The Labute approximate surface area is 273 Å². The molecule has 0 radical (unpaired) electrons. The van der Waals surface area contributed by atoms with E-state index in [4.69, 9.17) is 15.1 Å². The van der Waals surface area contributed by atoms with Crippen LogP contribution >= 0.6 is 0 Å². The number of nitrogens with two attached hydrogens (primary N) is 1. The van der Waals surface area contributed by atoms with Crippen molar-refractivity contribution in [3.63, 3.8) is 0 Å². The highest BCUT2D eigenvalue weighted by Gasteiger charge is 2.36. The summed E-state index contributed by atoms with van der Waals surface area (Å²) >= 11 is 0. The minimum atomic E-state index is -0.463. The number of benzene rings is 6. The maximum Gasteiger partial charge on any atom is 0.146 e.